The van der Waals surface area contributed by atoms with Crippen molar-refractivity contribution in [3.63, 3.8) is 0 Å². The molecule has 0 amide bonds. The fourth-order valence-electron chi connectivity index (χ4n) is 2.83. The van der Waals surface area contributed by atoms with Gasteiger partial charge < -0.3 is 0 Å². The first-order valence-electron chi connectivity index (χ1n) is 8.09. The fraction of sp³-hybridized carbons (Fsp3) is 0.294. The number of aryl methyl sites for hydroxylation is 1. The molecule has 0 spiro atoms. The van der Waals surface area contributed by atoms with E-state index in [0.29, 0.717) is 13.1 Å². The first kappa shape index (κ1) is 19.2. The Hall–Kier alpha value is -1.61. The van der Waals surface area contributed by atoms with E-state index in [1.54, 1.807) is 25.1 Å². The first-order chi connectivity index (χ1) is 12.2. The van der Waals surface area contributed by atoms with Crippen LogP contribution in [-0.2, 0) is 20.0 Å². The van der Waals surface area contributed by atoms with Gasteiger partial charge in [0.2, 0.25) is 10.0 Å². The number of nitrogens with zero attached hydrogens (tertiary/aromatic N) is 1. The van der Waals surface area contributed by atoms with Crippen molar-refractivity contribution in [2.24, 2.45) is 0 Å². The molecule has 1 heterocycles. The van der Waals surface area contributed by atoms with Crippen LogP contribution in [-0.4, -0.2) is 34.2 Å². The van der Waals surface area contributed by atoms with Gasteiger partial charge in [0.25, 0.3) is 10.0 Å². The SMILES string of the molecule is Cc1cccc(S(=O)(=O)Nc2ccc(Cl)c(S(=O)(=O)N3CCCC3)c2)c1. The van der Waals surface area contributed by atoms with Gasteiger partial charge in [-0.2, -0.15) is 4.31 Å². The maximum atomic E-state index is 12.8. The number of nitrogens with one attached hydrogen (secondary N) is 1. The van der Waals surface area contributed by atoms with Crippen LogP contribution in [0.3, 0.4) is 0 Å². The highest BCUT2D eigenvalue weighted by molar-refractivity contribution is 7.92. The van der Waals surface area contributed by atoms with E-state index >= 15 is 0 Å². The standard InChI is InChI=1S/C17H19ClN2O4S2/c1-13-5-4-6-15(11-13)25(21,22)19-14-7-8-16(18)17(12-14)26(23,24)20-9-2-3-10-20/h4-8,11-12,19H,2-3,9-10H2,1H3. The van der Waals surface area contributed by atoms with Crippen LogP contribution < -0.4 is 4.72 Å². The Kier molecular flexibility index (Phi) is 5.30. The number of hydrogen-bond donors (Lipinski definition) is 1. The summed E-state index contributed by atoms with van der Waals surface area (Å²) >= 11 is 6.09. The topological polar surface area (TPSA) is 83.5 Å². The van der Waals surface area contributed by atoms with E-state index < -0.39 is 20.0 Å². The van der Waals surface area contributed by atoms with Gasteiger partial charge in [-0.1, -0.05) is 23.7 Å². The number of rotatable bonds is 5. The van der Waals surface area contributed by atoms with Crippen LogP contribution in [0.5, 0.6) is 0 Å². The Balaban J connectivity index is 1.95. The van der Waals surface area contributed by atoms with E-state index in [1.165, 1.54) is 28.6 Å². The molecule has 0 saturated carbocycles. The summed E-state index contributed by atoms with van der Waals surface area (Å²) in [5, 5.41) is 0.0652. The molecule has 0 aliphatic carbocycles. The largest absolute Gasteiger partial charge is 0.280 e. The molecule has 1 saturated heterocycles. The summed E-state index contributed by atoms with van der Waals surface area (Å²) < 4.78 is 54.4. The average Bonchev–Trinajstić information content (AvgIpc) is 3.12. The third-order valence-corrected chi connectivity index (χ3v) is 7.93. The number of anilines is 1. The molecular weight excluding hydrogens is 396 g/mol. The highest BCUT2D eigenvalue weighted by Crippen LogP contribution is 2.30. The van der Waals surface area contributed by atoms with Crippen molar-refractivity contribution in [2.45, 2.75) is 29.6 Å². The molecule has 2 aromatic carbocycles. The lowest BCUT2D eigenvalue weighted by atomic mass is 10.2. The number of halogens is 1. The summed E-state index contributed by atoms with van der Waals surface area (Å²) in [6, 6.07) is 10.6. The summed E-state index contributed by atoms with van der Waals surface area (Å²) in [5.41, 5.74) is 0.954. The van der Waals surface area contributed by atoms with Crippen molar-refractivity contribution in [1.82, 2.24) is 4.31 Å². The molecule has 1 aliphatic rings. The van der Waals surface area contributed by atoms with E-state index in [-0.39, 0.29) is 20.5 Å². The quantitative estimate of drug-likeness (QED) is 0.814. The molecule has 0 radical (unpaired) electrons. The van der Waals surface area contributed by atoms with Crippen molar-refractivity contribution in [1.29, 1.82) is 0 Å². The van der Waals surface area contributed by atoms with Crippen LogP contribution in [0.2, 0.25) is 5.02 Å². The molecule has 140 valence electrons. The van der Waals surface area contributed by atoms with Gasteiger partial charge in [-0.05, 0) is 55.7 Å². The zero-order chi connectivity index (χ0) is 18.9. The lowest BCUT2D eigenvalue weighted by Gasteiger charge is -2.17. The molecule has 0 unspecified atom stereocenters. The van der Waals surface area contributed by atoms with Crippen LogP contribution in [0.15, 0.2) is 52.3 Å². The smallest absolute Gasteiger partial charge is 0.261 e. The average molecular weight is 415 g/mol. The second kappa shape index (κ2) is 7.19. The van der Waals surface area contributed by atoms with E-state index in [9.17, 15) is 16.8 Å². The van der Waals surface area contributed by atoms with E-state index in [1.807, 2.05) is 0 Å². The Morgan fingerprint density at radius 3 is 2.35 bits per heavy atom. The zero-order valence-electron chi connectivity index (χ0n) is 14.1. The minimum Gasteiger partial charge on any atom is -0.280 e. The third-order valence-electron chi connectivity index (χ3n) is 4.17. The Morgan fingerprint density at radius 1 is 1.00 bits per heavy atom. The lowest BCUT2D eigenvalue weighted by Crippen LogP contribution is -2.28. The minimum absolute atomic E-state index is 0.0652. The first-order valence-corrected chi connectivity index (χ1v) is 11.4. The van der Waals surface area contributed by atoms with Gasteiger partial charge in [-0.25, -0.2) is 16.8 Å². The molecule has 0 bridgehead atoms. The number of sulfonamides is 2. The molecule has 3 rings (SSSR count). The van der Waals surface area contributed by atoms with Crippen LogP contribution in [0, 0.1) is 6.92 Å². The lowest BCUT2D eigenvalue weighted by molar-refractivity contribution is 0.477. The maximum Gasteiger partial charge on any atom is 0.261 e. The molecule has 26 heavy (non-hydrogen) atoms. The summed E-state index contributed by atoms with van der Waals surface area (Å²) in [5.74, 6) is 0. The predicted octanol–water partition coefficient (Wildman–Crippen LogP) is 3.23. The molecule has 1 fully saturated rings. The summed E-state index contributed by atoms with van der Waals surface area (Å²) in [6.45, 7) is 2.68. The summed E-state index contributed by atoms with van der Waals surface area (Å²) in [4.78, 5) is 0.0157. The normalized spacial score (nSPS) is 15.9. The zero-order valence-corrected chi connectivity index (χ0v) is 16.5. The van der Waals surface area contributed by atoms with Crippen LogP contribution in [0.1, 0.15) is 18.4 Å². The van der Waals surface area contributed by atoms with Gasteiger partial charge in [0.1, 0.15) is 4.90 Å². The van der Waals surface area contributed by atoms with Crippen molar-refractivity contribution in [2.75, 3.05) is 17.8 Å². The van der Waals surface area contributed by atoms with E-state index in [4.69, 9.17) is 11.6 Å². The molecule has 0 atom stereocenters. The van der Waals surface area contributed by atoms with Gasteiger partial charge in [0.15, 0.2) is 0 Å². The molecule has 6 nitrogen and oxygen atoms in total. The molecule has 1 aliphatic heterocycles. The van der Waals surface area contributed by atoms with Gasteiger partial charge >= 0.3 is 0 Å². The molecule has 2 aromatic rings. The molecule has 0 aromatic heterocycles. The second-order valence-corrected chi connectivity index (χ2v) is 10.2. The van der Waals surface area contributed by atoms with Crippen molar-refractivity contribution in [3.05, 3.63) is 53.1 Å². The Bertz CT molecular complexity index is 1030. The Morgan fingerprint density at radius 2 is 1.69 bits per heavy atom. The third kappa shape index (κ3) is 3.88. The van der Waals surface area contributed by atoms with E-state index in [0.717, 1.165) is 18.4 Å². The minimum atomic E-state index is -3.83. The fourth-order valence-corrected chi connectivity index (χ4v) is 6.00. The maximum absolute atomic E-state index is 12.8. The highest BCUT2D eigenvalue weighted by atomic mass is 35.5. The monoisotopic (exact) mass is 414 g/mol. The second-order valence-electron chi connectivity index (χ2n) is 6.18. The van der Waals surface area contributed by atoms with Gasteiger partial charge in [-0.15, -0.1) is 0 Å². The van der Waals surface area contributed by atoms with Gasteiger partial charge in [0, 0.05) is 13.1 Å². The predicted molar refractivity (Wildman–Crippen MR) is 101 cm³/mol. The Labute approximate surface area is 158 Å². The highest BCUT2D eigenvalue weighted by Gasteiger charge is 2.29. The van der Waals surface area contributed by atoms with Crippen LogP contribution in [0.25, 0.3) is 0 Å². The molecule has 9 heteroatoms. The van der Waals surface area contributed by atoms with Crippen molar-refractivity contribution < 1.29 is 16.8 Å². The summed E-state index contributed by atoms with van der Waals surface area (Å²) in [7, 11) is -7.58. The molecular formula is C17H19ClN2O4S2. The van der Waals surface area contributed by atoms with Gasteiger partial charge in [-0.3, -0.25) is 4.72 Å². The number of benzene rings is 2. The number of hydrogen-bond acceptors (Lipinski definition) is 4. The van der Waals surface area contributed by atoms with Crippen molar-refractivity contribution in [3.8, 4) is 0 Å². The molecule has 1 N–H and O–H groups in total. The van der Waals surface area contributed by atoms with E-state index in [2.05, 4.69) is 4.72 Å². The van der Waals surface area contributed by atoms with Crippen LogP contribution in [0.4, 0.5) is 5.69 Å². The van der Waals surface area contributed by atoms with Gasteiger partial charge in [0.05, 0.1) is 15.6 Å². The van der Waals surface area contributed by atoms with Crippen LogP contribution >= 0.6 is 11.6 Å². The van der Waals surface area contributed by atoms with Crippen molar-refractivity contribution >= 4 is 37.3 Å². The summed E-state index contributed by atoms with van der Waals surface area (Å²) in [6.07, 6.45) is 1.60.